The molecule has 4 nitrogen and oxygen atoms in total. The zero-order valence-electron chi connectivity index (χ0n) is 10.4. The maximum Gasteiger partial charge on any atom is 0.310 e. The molecule has 0 bridgehead atoms. The summed E-state index contributed by atoms with van der Waals surface area (Å²) in [5, 5.41) is 9.38. The lowest BCUT2D eigenvalue weighted by Crippen LogP contribution is -2.42. The van der Waals surface area contributed by atoms with Gasteiger partial charge in [0.05, 0.1) is 12.0 Å². The van der Waals surface area contributed by atoms with E-state index in [-0.39, 0.29) is 0 Å². The molecular weight excluding hydrogens is 206 g/mol. The Labute approximate surface area is 97.6 Å². The third-order valence-electron chi connectivity index (χ3n) is 3.60. The van der Waals surface area contributed by atoms with Crippen LogP contribution in [0.1, 0.15) is 32.6 Å². The van der Waals surface area contributed by atoms with Crippen molar-refractivity contribution in [2.45, 2.75) is 32.6 Å². The summed E-state index contributed by atoms with van der Waals surface area (Å²) in [7, 11) is 1.68. The van der Waals surface area contributed by atoms with Gasteiger partial charge >= 0.3 is 5.97 Å². The first-order valence-corrected chi connectivity index (χ1v) is 6.09. The van der Waals surface area contributed by atoms with E-state index in [0.29, 0.717) is 13.2 Å². The first-order chi connectivity index (χ1) is 7.64. The van der Waals surface area contributed by atoms with Gasteiger partial charge in [-0.15, -0.1) is 0 Å². The van der Waals surface area contributed by atoms with Crippen LogP contribution in [0.2, 0.25) is 0 Å². The monoisotopic (exact) mass is 229 g/mol. The minimum Gasteiger partial charge on any atom is -0.481 e. The van der Waals surface area contributed by atoms with Gasteiger partial charge in [-0.05, 0) is 19.4 Å². The maximum absolute atomic E-state index is 11.4. The van der Waals surface area contributed by atoms with Gasteiger partial charge in [-0.25, -0.2) is 0 Å². The molecule has 0 aliphatic heterocycles. The van der Waals surface area contributed by atoms with Gasteiger partial charge in [-0.3, -0.25) is 4.79 Å². The predicted molar refractivity (Wildman–Crippen MR) is 62.5 cm³/mol. The fraction of sp³-hybridized carbons (Fsp3) is 0.917. The van der Waals surface area contributed by atoms with Crippen molar-refractivity contribution in [1.82, 2.24) is 4.90 Å². The van der Waals surface area contributed by atoms with E-state index >= 15 is 0 Å². The molecule has 1 N–H and O–H groups in total. The summed E-state index contributed by atoms with van der Waals surface area (Å²) in [5.41, 5.74) is -0.496. The first kappa shape index (κ1) is 13.5. The fourth-order valence-electron chi connectivity index (χ4n) is 2.49. The van der Waals surface area contributed by atoms with Gasteiger partial charge in [0.25, 0.3) is 0 Å². The minimum atomic E-state index is -0.624. The molecule has 0 radical (unpaired) electrons. The molecule has 0 heterocycles. The Hall–Kier alpha value is -0.610. The number of hydrogen-bond donors (Lipinski definition) is 1. The van der Waals surface area contributed by atoms with E-state index in [4.69, 9.17) is 4.74 Å². The van der Waals surface area contributed by atoms with Crippen molar-refractivity contribution in [3.8, 4) is 0 Å². The summed E-state index contributed by atoms with van der Waals surface area (Å²) < 4.78 is 5.04. The second kappa shape index (κ2) is 6.21. The van der Waals surface area contributed by atoms with Gasteiger partial charge in [0, 0.05) is 20.2 Å². The van der Waals surface area contributed by atoms with Crippen LogP contribution in [0.4, 0.5) is 0 Å². The average molecular weight is 229 g/mol. The molecule has 0 amide bonds. The lowest BCUT2D eigenvalue weighted by molar-refractivity contribution is -0.150. The highest BCUT2D eigenvalue weighted by Gasteiger charge is 2.42. The normalized spacial score (nSPS) is 19.2. The Morgan fingerprint density at radius 1 is 1.44 bits per heavy atom. The maximum atomic E-state index is 11.4. The predicted octanol–water partition coefficient (Wildman–Crippen LogP) is 1.60. The third kappa shape index (κ3) is 3.19. The zero-order chi connectivity index (χ0) is 12.0. The highest BCUT2D eigenvalue weighted by molar-refractivity contribution is 5.75. The summed E-state index contributed by atoms with van der Waals surface area (Å²) in [6, 6.07) is 0. The highest BCUT2D eigenvalue weighted by Crippen LogP contribution is 2.39. The first-order valence-electron chi connectivity index (χ1n) is 6.09. The van der Waals surface area contributed by atoms with Crippen molar-refractivity contribution in [3.63, 3.8) is 0 Å². The fourth-order valence-corrected chi connectivity index (χ4v) is 2.49. The van der Waals surface area contributed by atoms with E-state index in [9.17, 15) is 9.90 Å². The van der Waals surface area contributed by atoms with Gasteiger partial charge < -0.3 is 14.7 Å². The lowest BCUT2D eigenvalue weighted by atomic mass is 9.85. The lowest BCUT2D eigenvalue weighted by Gasteiger charge is -2.31. The van der Waals surface area contributed by atoms with Crippen LogP contribution in [0, 0.1) is 5.41 Å². The van der Waals surface area contributed by atoms with Gasteiger partial charge in [0.2, 0.25) is 0 Å². The molecule has 0 unspecified atom stereocenters. The zero-order valence-corrected chi connectivity index (χ0v) is 10.4. The summed E-state index contributed by atoms with van der Waals surface area (Å²) in [5.74, 6) is -0.624. The third-order valence-corrected chi connectivity index (χ3v) is 3.60. The van der Waals surface area contributed by atoms with Crippen LogP contribution >= 0.6 is 0 Å². The van der Waals surface area contributed by atoms with Crippen LogP contribution in [0.5, 0.6) is 0 Å². The van der Waals surface area contributed by atoms with Crippen LogP contribution in [-0.2, 0) is 9.53 Å². The molecule has 1 fully saturated rings. The van der Waals surface area contributed by atoms with E-state index in [1.54, 1.807) is 7.11 Å². The highest BCUT2D eigenvalue weighted by atomic mass is 16.5. The molecule has 0 spiro atoms. The molecule has 94 valence electrons. The topological polar surface area (TPSA) is 49.8 Å². The Morgan fingerprint density at radius 2 is 2.06 bits per heavy atom. The molecule has 0 aromatic rings. The van der Waals surface area contributed by atoms with Gasteiger partial charge in [0.1, 0.15) is 0 Å². The second-order valence-corrected chi connectivity index (χ2v) is 4.65. The molecule has 0 atom stereocenters. The Balaban J connectivity index is 2.55. The number of hydrogen-bond acceptors (Lipinski definition) is 3. The van der Waals surface area contributed by atoms with Crippen molar-refractivity contribution in [3.05, 3.63) is 0 Å². The number of carboxylic acids is 1. The number of carboxylic acid groups (broad SMARTS) is 1. The number of carbonyl (C=O) groups is 1. The van der Waals surface area contributed by atoms with E-state index in [0.717, 1.165) is 38.8 Å². The van der Waals surface area contributed by atoms with Crippen LogP contribution in [-0.4, -0.2) is 49.3 Å². The Kier molecular flexibility index (Phi) is 5.22. The molecule has 1 saturated carbocycles. The van der Waals surface area contributed by atoms with E-state index in [2.05, 4.69) is 11.8 Å². The molecule has 1 aliphatic rings. The average Bonchev–Trinajstić information content (AvgIpc) is 2.74. The number of likely N-dealkylation sites (N-methyl/N-ethyl adjacent to an activating group) is 1. The van der Waals surface area contributed by atoms with Gasteiger partial charge in [-0.2, -0.15) is 0 Å². The van der Waals surface area contributed by atoms with Crippen molar-refractivity contribution >= 4 is 5.97 Å². The molecule has 16 heavy (non-hydrogen) atoms. The summed E-state index contributed by atoms with van der Waals surface area (Å²) in [6.07, 6.45) is 3.75. The van der Waals surface area contributed by atoms with Crippen LogP contribution < -0.4 is 0 Å². The smallest absolute Gasteiger partial charge is 0.310 e. The van der Waals surface area contributed by atoms with Crippen molar-refractivity contribution in [1.29, 1.82) is 0 Å². The summed E-state index contributed by atoms with van der Waals surface area (Å²) in [4.78, 5) is 13.6. The summed E-state index contributed by atoms with van der Waals surface area (Å²) in [6.45, 7) is 5.12. The van der Waals surface area contributed by atoms with Crippen molar-refractivity contribution in [2.24, 2.45) is 5.41 Å². The van der Waals surface area contributed by atoms with E-state index < -0.39 is 11.4 Å². The minimum absolute atomic E-state index is 0.496. The number of rotatable bonds is 7. The van der Waals surface area contributed by atoms with E-state index in [1.165, 1.54) is 0 Å². The van der Waals surface area contributed by atoms with Crippen LogP contribution in [0.25, 0.3) is 0 Å². The number of ether oxygens (including phenoxy) is 1. The van der Waals surface area contributed by atoms with E-state index in [1.807, 2.05) is 0 Å². The molecule has 0 aromatic heterocycles. The molecule has 4 heteroatoms. The van der Waals surface area contributed by atoms with Gasteiger partial charge in [0.15, 0.2) is 0 Å². The number of aliphatic carboxylic acids is 1. The molecular formula is C12H23NO3. The molecule has 1 aliphatic carbocycles. The second-order valence-electron chi connectivity index (χ2n) is 4.65. The molecule has 1 rings (SSSR count). The Bertz CT molecular complexity index is 224. The Morgan fingerprint density at radius 3 is 2.50 bits per heavy atom. The number of methoxy groups -OCH3 is 1. The largest absolute Gasteiger partial charge is 0.481 e. The van der Waals surface area contributed by atoms with Crippen LogP contribution in [0.15, 0.2) is 0 Å². The molecule has 0 aromatic carbocycles. The summed E-state index contributed by atoms with van der Waals surface area (Å²) >= 11 is 0. The molecule has 0 saturated heterocycles. The van der Waals surface area contributed by atoms with Crippen molar-refractivity contribution in [2.75, 3.05) is 33.4 Å². The van der Waals surface area contributed by atoms with Gasteiger partial charge in [-0.1, -0.05) is 19.8 Å². The quantitative estimate of drug-likeness (QED) is 0.720. The number of nitrogens with zero attached hydrogens (tertiary/aromatic N) is 1. The van der Waals surface area contributed by atoms with Crippen LogP contribution in [0.3, 0.4) is 0 Å². The van der Waals surface area contributed by atoms with Crippen molar-refractivity contribution < 1.29 is 14.6 Å². The SMILES string of the molecule is CCN(CCOC)CC1(C(=O)O)CCCC1. The standard InChI is InChI=1S/C12H23NO3/c1-3-13(8-9-16-2)10-12(11(14)15)6-4-5-7-12/h3-10H2,1-2H3,(H,14,15).